The van der Waals surface area contributed by atoms with Gasteiger partial charge in [-0.2, -0.15) is 26.3 Å². The van der Waals surface area contributed by atoms with Crippen molar-refractivity contribution in [3.63, 3.8) is 0 Å². The number of carbonyl (C=O) groups excluding carboxylic acids is 2. The normalized spacial score (nSPS) is 14.9. The van der Waals surface area contributed by atoms with Crippen LogP contribution in [0.3, 0.4) is 0 Å². The molecule has 0 spiro atoms. The van der Waals surface area contributed by atoms with Gasteiger partial charge in [-0.25, -0.2) is 14.0 Å². The molecule has 0 bridgehead atoms. The number of rotatable bonds is 4. The monoisotopic (exact) mass is 521 g/mol. The standard InChI is InChI=1S/C19H12Cl2F7NO4/c1-32-15(30)10-5-3-4-6-29(13(10)16(31)33-2)14-11(20)7-9(8-12(14)21)17(22,18(23,24)25)19(26,27)28/h3-8H,1-2H3. The van der Waals surface area contributed by atoms with Gasteiger partial charge in [0.05, 0.1) is 35.5 Å². The molecule has 1 heterocycles. The van der Waals surface area contributed by atoms with Crippen molar-refractivity contribution < 1.29 is 49.8 Å². The van der Waals surface area contributed by atoms with Crippen LogP contribution < -0.4 is 4.90 Å². The quantitative estimate of drug-likeness (QED) is 0.371. The van der Waals surface area contributed by atoms with E-state index < -0.39 is 62.5 Å². The smallest absolute Gasteiger partial charge is 0.435 e. The number of alkyl halides is 7. The Morgan fingerprint density at radius 2 is 1.33 bits per heavy atom. The van der Waals surface area contributed by atoms with E-state index >= 15 is 0 Å². The van der Waals surface area contributed by atoms with E-state index in [1.165, 1.54) is 12.2 Å². The molecule has 0 aliphatic carbocycles. The number of carbonyl (C=O) groups is 2. The van der Waals surface area contributed by atoms with Gasteiger partial charge in [0, 0.05) is 11.8 Å². The number of halogens is 9. The molecule has 1 aliphatic heterocycles. The molecule has 5 nitrogen and oxygen atoms in total. The molecule has 0 saturated carbocycles. The number of allylic oxidation sites excluding steroid dienone is 2. The van der Waals surface area contributed by atoms with E-state index in [4.69, 9.17) is 23.2 Å². The number of ether oxygens (including phenoxy) is 2. The number of benzene rings is 1. The average Bonchev–Trinajstić information content (AvgIpc) is 2.92. The van der Waals surface area contributed by atoms with Crippen molar-refractivity contribution in [2.75, 3.05) is 19.1 Å². The summed E-state index contributed by atoms with van der Waals surface area (Å²) in [5, 5.41) is -1.80. The number of esters is 2. The molecule has 0 amide bonds. The van der Waals surface area contributed by atoms with Gasteiger partial charge >= 0.3 is 30.0 Å². The van der Waals surface area contributed by atoms with Crippen LogP contribution in [0.4, 0.5) is 36.4 Å². The molecule has 2 rings (SSSR count). The molecule has 0 atom stereocenters. The van der Waals surface area contributed by atoms with Crippen molar-refractivity contribution in [3.8, 4) is 0 Å². The molecule has 0 radical (unpaired) electrons. The summed E-state index contributed by atoms with van der Waals surface area (Å²) < 4.78 is 102. The highest BCUT2D eigenvalue weighted by atomic mass is 35.5. The molecule has 0 aromatic heterocycles. The summed E-state index contributed by atoms with van der Waals surface area (Å²) in [4.78, 5) is 25.3. The Morgan fingerprint density at radius 3 is 1.76 bits per heavy atom. The van der Waals surface area contributed by atoms with E-state index in [1.54, 1.807) is 0 Å². The molecular weight excluding hydrogens is 510 g/mol. The SMILES string of the molecule is COC(=O)C1=C(C(=O)OC)N(c2c(Cl)cc(C(F)(C(F)(F)F)C(F)(F)F)cc2Cl)C=CC=C1. The van der Waals surface area contributed by atoms with Crippen LogP contribution in [0, 0.1) is 0 Å². The lowest BCUT2D eigenvalue weighted by atomic mass is 9.93. The third-order valence-corrected chi connectivity index (χ3v) is 4.90. The zero-order valence-corrected chi connectivity index (χ0v) is 18.0. The predicted molar refractivity (Wildman–Crippen MR) is 103 cm³/mol. The number of hydrogen-bond acceptors (Lipinski definition) is 5. The fourth-order valence-corrected chi connectivity index (χ4v) is 3.49. The number of methoxy groups -OCH3 is 2. The second-order valence-electron chi connectivity index (χ2n) is 6.26. The minimum atomic E-state index is -6.40. The van der Waals surface area contributed by atoms with Crippen molar-refractivity contribution in [1.29, 1.82) is 0 Å². The van der Waals surface area contributed by atoms with Crippen LogP contribution in [0.25, 0.3) is 0 Å². The minimum Gasteiger partial charge on any atom is -0.465 e. The van der Waals surface area contributed by atoms with Crippen molar-refractivity contribution in [2.24, 2.45) is 0 Å². The summed E-state index contributed by atoms with van der Waals surface area (Å²) in [5.74, 6) is -2.20. The molecule has 1 aromatic carbocycles. The van der Waals surface area contributed by atoms with E-state index in [-0.39, 0.29) is 12.1 Å². The second kappa shape index (κ2) is 9.26. The van der Waals surface area contributed by atoms with Gasteiger partial charge in [-0.3, -0.25) is 0 Å². The molecular formula is C19H12Cl2F7NO4. The third-order valence-electron chi connectivity index (χ3n) is 4.33. The third kappa shape index (κ3) is 4.67. The molecule has 180 valence electrons. The lowest BCUT2D eigenvalue weighted by Gasteiger charge is -2.31. The van der Waals surface area contributed by atoms with Gasteiger partial charge in [-0.1, -0.05) is 29.3 Å². The first kappa shape index (κ1) is 26.5. The number of anilines is 1. The topological polar surface area (TPSA) is 55.8 Å². The van der Waals surface area contributed by atoms with Crippen LogP contribution in [0.5, 0.6) is 0 Å². The molecule has 1 aliphatic rings. The Labute approximate surface area is 191 Å². The summed E-state index contributed by atoms with van der Waals surface area (Å²) in [6, 6.07) is 0.144. The molecule has 33 heavy (non-hydrogen) atoms. The van der Waals surface area contributed by atoms with E-state index in [0.717, 1.165) is 31.4 Å². The van der Waals surface area contributed by atoms with Gasteiger partial charge in [0.15, 0.2) is 0 Å². The maximum absolute atomic E-state index is 14.5. The maximum Gasteiger partial charge on any atom is 0.435 e. The van der Waals surface area contributed by atoms with E-state index in [1.807, 2.05) is 0 Å². The lowest BCUT2D eigenvalue weighted by molar-refractivity contribution is -0.348. The summed E-state index contributed by atoms with van der Waals surface area (Å²) >= 11 is 11.9. The summed E-state index contributed by atoms with van der Waals surface area (Å²) in [7, 11) is 1.93. The van der Waals surface area contributed by atoms with Crippen molar-refractivity contribution >= 4 is 40.8 Å². The van der Waals surface area contributed by atoms with Crippen LogP contribution >= 0.6 is 23.2 Å². The lowest BCUT2D eigenvalue weighted by Crippen LogP contribution is -2.50. The zero-order valence-electron chi connectivity index (χ0n) is 16.4. The van der Waals surface area contributed by atoms with Crippen LogP contribution in [0.15, 0.2) is 47.8 Å². The van der Waals surface area contributed by atoms with Crippen molar-refractivity contribution in [3.05, 3.63) is 63.4 Å². The number of nitrogens with zero attached hydrogens (tertiary/aromatic N) is 1. The Morgan fingerprint density at radius 1 is 0.848 bits per heavy atom. The predicted octanol–water partition coefficient (Wildman–Crippen LogP) is 5.77. The van der Waals surface area contributed by atoms with Crippen LogP contribution in [0.2, 0.25) is 10.0 Å². The molecule has 0 unspecified atom stereocenters. The molecule has 0 fully saturated rings. The highest BCUT2D eigenvalue weighted by Crippen LogP contribution is 2.55. The molecule has 0 saturated heterocycles. The van der Waals surface area contributed by atoms with Gasteiger partial charge in [-0.15, -0.1) is 0 Å². The summed E-state index contributed by atoms with van der Waals surface area (Å²) in [5.41, 5.74) is -9.24. The van der Waals surface area contributed by atoms with Gasteiger partial charge in [0.25, 0.3) is 0 Å². The first-order valence-corrected chi connectivity index (χ1v) is 9.24. The Hall–Kier alpha value is -2.73. The molecule has 0 N–H and O–H groups in total. The van der Waals surface area contributed by atoms with Crippen LogP contribution in [-0.2, 0) is 24.7 Å². The highest BCUT2D eigenvalue weighted by molar-refractivity contribution is 6.39. The summed E-state index contributed by atoms with van der Waals surface area (Å²) in [6.45, 7) is 0. The Bertz CT molecular complexity index is 1020. The fraction of sp³-hybridized carbons (Fsp3) is 0.263. The van der Waals surface area contributed by atoms with E-state index in [0.29, 0.717) is 0 Å². The highest BCUT2D eigenvalue weighted by Gasteiger charge is 2.73. The van der Waals surface area contributed by atoms with E-state index in [9.17, 15) is 40.3 Å². The van der Waals surface area contributed by atoms with Crippen molar-refractivity contribution in [1.82, 2.24) is 0 Å². The fourth-order valence-electron chi connectivity index (χ4n) is 2.82. The average molecular weight is 522 g/mol. The van der Waals surface area contributed by atoms with Gasteiger partial charge in [0.1, 0.15) is 5.70 Å². The zero-order chi connectivity index (χ0) is 25.4. The van der Waals surface area contributed by atoms with Gasteiger partial charge in [-0.05, 0) is 24.3 Å². The largest absolute Gasteiger partial charge is 0.465 e. The van der Waals surface area contributed by atoms with Crippen LogP contribution in [0.1, 0.15) is 5.56 Å². The van der Waals surface area contributed by atoms with E-state index in [2.05, 4.69) is 9.47 Å². The maximum atomic E-state index is 14.5. The first-order valence-electron chi connectivity index (χ1n) is 8.48. The molecule has 14 heteroatoms. The first-order chi connectivity index (χ1) is 15.1. The van der Waals surface area contributed by atoms with Gasteiger partial charge < -0.3 is 14.4 Å². The second-order valence-corrected chi connectivity index (χ2v) is 7.07. The Balaban J connectivity index is 2.83. The Kier molecular flexibility index (Phi) is 7.44. The number of hydrogen-bond donors (Lipinski definition) is 0. The van der Waals surface area contributed by atoms with Crippen molar-refractivity contribution in [2.45, 2.75) is 18.0 Å². The summed E-state index contributed by atoms with van der Waals surface area (Å²) in [6.07, 6.45) is -8.09. The molecule has 1 aromatic rings. The van der Waals surface area contributed by atoms with Gasteiger partial charge in [0.2, 0.25) is 0 Å². The van der Waals surface area contributed by atoms with Crippen LogP contribution in [-0.4, -0.2) is 38.5 Å². The minimum absolute atomic E-state index is 0.0720.